The molecule has 0 amide bonds. The van der Waals surface area contributed by atoms with E-state index in [-0.39, 0.29) is 17.2 Å². The number of ether oxygens (including phenoxy) is 2. The lowest BCUT2D eigenvalue weighted by atomic mass is 10.1. The van der Waals surface area contributed by atoms with Gasteiger partial charge in [-0.2, -0.15) is 0 Å². The minimum Gasteiger partial charge on any atom is -0.468 e. The van der Waals surface area contributed by atoms with Crippen molar-refractivity contribution in [3.63, 3.8) is 0 Å². The number of carbonyl (C=O) groups is 2. The number of fused-ring (bicyclic) bond motifs is 1. The van der Waals surface area contributed by atoms with E-state index < -0.39 is 28.5 Å². The SMILES string of the molecule is CCOC(=O)c1ccc(N(CC(=O)OC)S(=O)(=O)c2ccc3ccccc3c2)c(C)c1. The number of anilines is 1. The van der Waals surface area contributed by atoms with Gasteiger partial charge in [0, 0.05) is 0 Å². The summed E-state index contributed by atoms with van der Waals surface area (Å²) in [4.78, 5) is 24.1. The summed E-state index contributed by atoms with van der Waals surface area (Å²) in [5.74, 6) is -1.22. The predicted octanol–water partition coefficient (Wildman–Crippen LogP) is 3.69. The molecule has 0 atom stereocenters. The number of methoxy groups -OCH3 is 1. The van der Waals surface area contributed by atoms with Crippen LogP contribution in [0.3, 0.4) is 0 Å². The predicted molar refractivity (Wildman–Crippen MR) is 118 cm³/mol. The fraction of sp³-hybridized carbons (Fsp3) is 0.217. The quantitative estimate of drug-likeness (QED) is 0.520. The van der Waals surface area contributed by atoms with Crippen molar-refractivity contribution in [2.75, 3.05) is 24.6 Å². The van der Waals surface area contributed by atoms with Crippen molar-refractivity contribution in [2.24, 2.45) is 0 Å². The zero-order valence-electron chi connectivity index (χ0n) is 17.5. The van der Waals surface area contributed by atoms with Crippen molar-refractivity contribution in [2.45, 2.75) is 18.7 Å². The van der Waals surface area contributed by atoms with E-state index in [1.165, 1.54) is 31.4 Å². The lowest BCUT2D eigenvalue weighted by Gasteiger charge is -2.25. The molecule has 0 aliphatic rings. The largest absolute Gasteiger partial charge is 0.468 e. The molecule has 0 unspecified atom stereocenters. The molecular weight excluding hydrogens is 418 g/mol. The molecule has 162 valence electrons. The molecule has 8 heteroatoms. The van der Waals surface area contributed by atoms with Gasteiger partial charge in [-0.25, -0.2) is 13.2 Å². The van der Waals surface area contributed by atoms with E-state index in [0.29, 0.717) is 11.1 Å². The van der Waals surface area contributed by atoms with E-state index in [1.807, 2.05) is 24.3 Å². The molecule has 0 radical (unpaired) electrons. The molecule has 3 aromatic rings. The molecule has 0 bridgehead atoms. The molecule has 0 aromatic heterocycles. The van der Waals surface area contributed by atoms with Crippen LogP contribution in [0.15, 0.2) is 65.6 Å². The Morgan fingerprint density at radius 1 is 0.968 bits per heavy atom. The van der Waals surface area contributed by atoms with Crippen LogP contribution < -0.4 is 4.31 Å². The number of esters is 2. The molecule has 0 N–H and O–H groups in total. The molecule has 0 spiro atoms. The zero-order valence-corrected chi connectivity index (χ0v) is 18.3. The summed E-state index contributed by atoms with van der Waals surface area (Å²) in [6.45, 7) is 3.08. The third-order valence-electron chi connectivity index (χ3n) is 4.79. The molecule has 31 heavy (non-hydrogen) atoms. The highest BCUT2D eigenvalue weighted by molar-refractivity contribution is 7.92. The topological polar surface area (TPSA) is 90.0 Å². The number of rotatable bonds is 7. The Balaban J connectivity index is 2.09. The first-order valence-corrected chi connectivity index (χ1v) is 11.1. The lowest BCUT2D eigenvalue weighted by molar-refractivity contribution is -0.138. The molecule has 0 aliphatic carbocycles. The highest BCUT2D eigenvalue weighted by Crippen LogP contribution is 2.29. The van der Waals surface area contributed by atoms with Crippen molar-refractivity contribution in [3.05, 3.63) is 71.8 Å². The van der Waals surface area contributed by atoms with E-state index in [4.69, 9.17) is 9.47 Å². The zero-order chi connectivity index (χ0) is 22.6. The van der Waals surface area contributed by atoms with Gasteiger partial charge in [0.05, 0.1) is 29.9 Å². The smallest absolute Gasteiger partial charge is 0.338 e. The number of aryl methyl sites for hydroxylation is 1. The Hall–Kier alpha value is -3.39. The van der Waals surface area contributed by atoms with E-state index in [2.05, 4.69) is 0 Å². The summed E-state index contributed by atoms with van der Waals surface area (Å²) in [5, 5.41) is 1.66. The van der Waals surface area contributed by atoms with E-state index >= 15 is 0 Å². The lowest BCUT2D eigenvalue weighted by Crippen LogP contribution is -2.36. The van der Waals surface area contributed by atoms with Crippen molar-refractivity contribution in [3.8, 4) is 0 Å². The van der Waals surface area contributed by atoms with Crippen molar-refractivity contribution >= 4 is 38.4 Å². The summed E-state index contributed by atoms with van der Waals surface area (Å²) in [5.41, 5.74) is 1.06. The molecular formula is C23H23NO6S. The molecule has 0 saturated heterocycles. The molecule has 0 heterocycles. The Bertz CT molecular complexity index is 1240. The summed E-state index contributed by atoms with van der Waals surface area (Å²) in [7, 11) is -2.91. The number of carbonyl (C=O) groups excluding carboxylic acids is 2. The van der Waals surface area contributed by atoms with Crippen LogP contribution in [0.1, 0.15) is 22.8 Å². The van der Waals surface area contributed by atoms with Gasteiger partial charge in [0.25, 0.3) is 10.0 Å². The number of hydrogen-bond donors (Lipinski definition) is 0. The Labute approximate surface area is 181 Å². The third-order valence-corrected chi connectivity index (χ3v) is 6.54. The van der Waals surface area contributed by atoms with Gasteiger partial charge < -0.3 is 9.47 Å². The first-order valence-electron chi connectivity index (χ1n) is 9.64. The first kappa shape index (κ1) is 22.3. The van der Waals surface area contributed by atoms with Crippen LogP contribution >= 0.6 is 0 Å². The van der Waals surface area contributed by atoms with Crippen LogP contribution in [0.4, 0.5) is 5.69 Å². The molecule has 0 fully saturated rings. The van der Waals surface area contributed by atoms with Crippen molar-refractivity contribution in [1.29, 1.82) is 0 Å². The van der Waals surface area contributed by atoms with E-state index in [0.717, 1.165) is 15.1 Å². The van der Waals surface area contributed by atoms with Crippen LogP contribution in [0.5, 0.6) is 0 Å². The van der Waals surface area contributed by atoms with E-state index in [9.17, 15) is 18.0 Å². The number of nitrogens with zero attached hydrogens (tertiary/aromatic N) is 1. The molecule has 0 aliphatic heterocycles. The average molecular weight is 442 g/mol. The summed E-state index contributed by atoms with van der Waals surface area (Å²) < 4.78 is 37.8. The van der Waals surface area contributed by atoms with Crippen LogP contribution in [-0.2, 0) is 24.3 Å². The molecule has 3 rings (SSSR count). The third kappa shape index (κ3) is 4.69. The number of benzene rings is 3. The van der Waals surface area contributed by atoms with Crippen LogP contribution in [-0.4, -0.2) is 40.6 Å². The summed E-state index contributed by atoms with van der Waals surface area (Å²) >= 11 is 0. The van der Waals surface area contributed by atoms with Crippen LogP contribution in [0, 0.1) is 6.92 Å². The maximum Gasteiger partial charge on any atom is 0.338 e. The van der Waals surface area contributed by atoms with Gasteiger partial charge >= 0.3 is 11.9 Å². The van der Waals surface area contributed by atoms with Crippen LogP contribution in [0.25, 0.3) is 10.8 Å². The monoisotopic (exact) mass is 441 g/mol. The Morgan fingerprint density at radius 2 is 1.68 bits per heavy atom. The van der Waals surface area contributed by atoms with Crippen molar-refractivity contribution < 1.29 is 27.5 Å². The van der Waals surface area contributed by atoms with Gasteiger partial charge in [0.15, 0.2) is 0 Å². The summed E-state index contributed by atoms with van der Waals surface area (Å²) in [6.07, 6.45) is 0. The van der Waals surface area contributed by atoms with Crippen LogP contribution in [0.2, 0.25) is 0 Å². The minimum atomic E-state index is -4.10. The Kier molecular flexibility index (Phi) is 6.60. The fourth-order valence-electron chi connectivity index (χ4n) is 3.21. The van der Waals surface area contributed by atoms with Gasteiger partial charge in [-0.1, -0.05) is 30.3 Å². The Morgan fingerprint density at radius 3 is 2.32 bits per heavy atom. The maximum atomic E-state index is 13.5. The average Bonchev–Trinajstić information content (AvgIpc) is 2.77. The van der Waals surface area contributed by atoms with Gasteiger partial charge in [-0.15, -0.1) is 0 Å². The van der Waals surface area contributed by atoms with Gasteiger partial charge in [0.2, 0.25) is 0 Å². The maximum absolute atomic E-state index is 13.5. The molecule has 3 aromatic carbocycles. The summed E-state index contributed by atoms with van der Waals surface area (Å²) in [6, 6.07) is 16.7. The normalized spacial score (nSPS) is 11.2. The number of sulfonamides is 1. The fourth-order valence-corrected chi connectivity index (χ4v) is 4.72. The van der Waals surface area contributed by atoms with Crippen molar-refractivity contribution in [1.82, 2.24) is 0 Å². The van der Waals surface area contributed by atoms with Gasteiger partial charge in [-0.3, -0.25) is 9.10 Å². The second-order valence-electron chi connectivity index (χ2n) is 6.82. The molecule has 7 nitrogen and oxygen atoms in total. The van der Waals surface area contributed by atoms with Gasteiger partial charge in [-0.05, 0) is 60.5 Å². The highest BCUT2D eigenvalue weighted by atomic mass is 32.2. The first-order chi connectivity index (χ1) is 14.8. The number of hydrogen-bond acceptors (Lipinski definition) is 6. The second kappa shape index (κ2) is 9.18. The highest BCUT2D eigenvalue weighted by Gasteiger charge is 2.29. The van der Waals surface area contributed by atoms with Gasteiger partial charge in [0.1, 0.15) is 6.54 Å². The molecule has 0 saturated carbocycles. The second-order valence-corrected chi connectivity index (χ2v) is 8.68. The standard InChI is InChI=1S/C23H23NO6S/c1-4-30-23(26)19-10-12-21(16(2)13-19)24(15-22(25)29-3)31(27,28)20-11-9-17-7-5-6-8-18(17)14-20/h5-14H,4,15H2,1-3H3. The van der Waals surface area contributed by atoms with E-state index in [1.54, 1.807) is 26.0 Å². The minimum absolute atomic E-state index is 0.0453.